The zero-order chi connectivity index (χ0) is 13.1. The van der Waals surface area contributed by atoms with Gasteiger partial charge in [-0.3, -0.25) is 9.69 Å². The van der Waals surface area contributed by atoms with E-state index in [1.165, 1.54) is 6.26 Å². The number of furan rings is 1. The molecule has 0 aromatic carbocycles. The molecule has 1 heterocycles. The van der Waals surface area contributed by atoms with Gasteiger partial charge in [0, 0.05) is 0 Å². The van der Waals surface area contributed by atoms with Gasteiger partial charge in [-0.2, -0.15) is 13.2 Å². The second-order valence-electron chi connectivity index (χ2n) is 3.68. The number of hydrogen-bond donors (Lipinski definition) is 1. The number of alkyl halides is 3. The zero-order valence-corrected chi connectivity index (χ0v) is 9.12. The van der Waals surface area contributed by atoms with E-state index in [9.17, 15) is 18.0 Å². The maximum absolute atomic E-state index is 12.2. The van der Waals surface area contributed by atoms with Gasteiger partial charge in [0.1, 0.15) is 5.76 Å². The normalized spacial score (nSPS) is 12.1. The Kier molecular flexibility index (Phi) is 4.17. The van der Waals surface area contributed by atoms with Crippen LogP contribution in [0.25, 0.3) is 0 Å². The largest absolute Gasteiger partial charge is 0.480 e. The molecule has 1 aromatic rings. The van der Waals surface area contributed by atoms with Gasteiger partial charge in [-0.1, -0.05) is 0 Å². The number of carboxylic acids is 1. The van der Waals surface area contributed by atoms with Gasteiger partial charge in [-0.15, -0.1) is 0 Å². The topological polar surface area (TPSA) is 53.7 Å². The van der Waals surface area contributed by atoms with E-state index in [2.05, 4.69) is 0 Å². The van der Waals surface area contributed by atoms with E-state index in [-0.39, 0.29) is 6.54 Å². The minimum atomic E-state index is -4.43. The highest BCUT2D eigenvalue weighted by Gasteiger charge is 2.32. The molecule has 7 heteroatoms. The molecule has 0 aliphatic rings. The number of carboxylic acid groups (broad SMARTS) is 1. The summed E-state index contributed by atoms with van der Waals surface area (Å²) in [5.41, 5.74) is 0.697. The highest BCUT2D eigenvalue weighted by Crippen LogP contribution is 2.19. The first-order chi connectivity index (χ1) is 7.78. The van der Waals surface area contributed by atoms with Crippen molar-refractivity contribution in [3.8, 4) is 0 Å². The molecule has 1 rings (SSSR count). The Balaban J connectivity index is 2.70. The first-order valence-electron chi connectivity index (χ1n) is 4.82. The predicted molar refractivity (Wildman–Crippen MR) is 52.4 cm³/mol. The minimum Gasteiger partial charge on any atom is -0.480 e. The van der Waals surface area contributed by atoms with Crippen molar-refractivity contribution in [1.29, 1.82) is 0 Å². The Morgan fingerprint density at radius 2 is 2.18 bits per heavy atom. The predicted octanol–water partition coefficient (Wildman–Crippen LogP) is 2.04. The maximum atomic E-state index is 12.2. The van der Waals surface area contributed by atoms with Gasteiger partial charge in [0.15, 0.2) is 0 Å². The Morgan fingerprint density at radius 1 is 1.53 bits per heavy atom. The number of aryl methyl sites for hydroxylation is 1. The fourth-order valence-corrected chi connectivity index (χ4v) is 1.38. The molecule has 0 radical (unpaired) electrons. The second-order valence-corrected chi connectivity index (χ2v) is 3.68. The molecule has 0 unspecified atom stereocenters. The van der Waals surface area contributed by atoms with Gasteiger partial charge in [-0.25, -0.2) is 0 Å². The summed E-state index contributed by atoms with van der Waals surface area (Å²) < 4.78 is 41.6. The van der Waals surface area contributed by atoms with Gasteiger partial charge in [0.2, 0.25) is 0 Å². The van der Waals surface area contributed by atoms with Crippen LogP contribution >= 0.6 is 0 Å². The van der Waals surface area contributed by atoms with Crippen molar-refractivity contribution in [3.05, 3.63) is 23.7 Å². The van der Waals surface area contributed by atoms with Crippen LogP contribution < -0.4 is 0 Å². The number of rotatable bonds is 5. The molecule has 0 atom stereocenters. The molecule has 96 valence electrons. The third kappa shape index (κ3) is 4.90. The van der Waals surface area contributed by atoms with Crippen LogP contribution in [-0.4, -0.2) is 35.2 Å². The van der Waals surface area contributed by atoms with E-state index in [0.29, 0.717) is 11.3 Å². The third-order valence-corrected chi connectivity index (χ3v) is 2.10. The van der Waals surface area contributed by atoms with E-state index in [4.69, 9.17) is 9.52 Å². The van der Waals surface area contributed by atoms with Gasteiger partial charge in [0.25, 0.3) is 0 Å². The summed E-state index contributed by atoms with van der Waals surface area (Å²) in [6.45, 7) is -0.449. The summed E-state index contributed by atoms with van der Waals surface area (Å²) in [5.74, 6) is -0.964. The van der Waals surface area contributed by atoms with E-state index < -0.39 is 25.2 Å². The fraction of sp³-hybridized carbons (Fsp3) is 0.500. The van der Waals surface area contributed by atoms with Crippen molar-refractivity contribution in [3.63, 3.8) is 0 Å². The quantitative estimate of drug-likeness (QED) is 0.870. The zero-order valence-electron chi connectivity index (χ0n) is 9.12. The minimum absolute atomic E-state index is 0.176. The molecule has 0 saturated heterocycles. The van der Waals surface area contributed by atoms with Crippen molar-refractivity contribution in [2.75, 3.05) is 13.1 Å². The van der Waals surface area contributed by atoms with Crippen LogP contribution in [0.15, 0.2) is 16.7 Å². The van der Waals surface area contributed by atoms with Crippen LogP contribution in [0.4, 0.5) is 13.2 Å². The van der Waals surface area contributed by atoms with E-state index in [0.717, 1.165) is 4.90 Å². The number of carbonyl (C=O) groups is 1. The summed E-state index contributed by atoms with van der Waals surface area (Å²) >= 11 is 0. The maximum Gasteiger partial charge on any atom is 0.401 e. The molecule has 4 nitrogen and oxygen atoms in total. The lowest BCUT2D eigenvalue weighted by Crippen LogP contribution is -2.37. The molecular weight excluding hydrogens is 239 g/mol. The molecule has 1 N–H and O–H groups in total. The monoisotopic (exact) mass is 251 g/mol. The summed E-state index contributed by atoms with van der Waals surface area (Å²) in [4.78, 5) is 11.2. The standard InChI is InChI=1S/C10H12F3NO3/c1-7-2-3-17-8(7)4-14(5-9(15)16)6-10(11,12)13/h2-3H,4-6H2,1H3,(H,15,16). The summed E-state index contributed by atoms with van der Waals surface area (Å²) in [7, 11) is 0. The van der Waals surface area contributed by atoms with Crippen LogP contribution in [0, 0.1) is 6.92 Å². The summed E-state index contributed by atoms with van der Waals surface area (Å²) in [6, 6.07) is 1.61. The Labute approximate surface area is 95.6 Å². The van der Waals surface area contributed by atoms with E-state index in [1.807, 2.05) is 0 Å². The van der Waals surface area contributed by atoms with Crippen molar-refractivity contribution in [1.82, 2.24) is 4.90 Å². The first-order valence-corrected chi connectivity index (χ1v) is 4.82. The van der Waals surface area contributed by atoms with Crippen LogP contribution in [0.2, 0.25) is 0 Å². The number of nitrogens with zero attached hydrogens (tertiary/aromatic N) is 1. The third-order valence-electron chi connectivity index (χ3n) is 2.10. The molecule has 0 amide bonds. The van der Waals surface area contributed by atoms with Crippen LogP contribution in [0.3, 0.4) is 0 Å². The number of hydrogen-bond acceptors (Lipinski definition) is 3. The van der Waals surface area contributed by atoms with E-state index in [1.54, 1.807) is 13.0 Å². The fourth-order valence-electron chi connectivity index (χ4n) is 1.38. The molecule has 0 bridgehead atoms. The second kappa shape index (κ2) is 5.22. The molecule has 0 fully saturated rings. The van der Waals surface area contributed by atoms with Crippen molar-refractivity contribution >= 4 is 5.97 Å². The Morgan fingerprint density at radius 3 is 2.59 bits per heavy atom. The molecule has 17 heavy (non-hydrogen) atoms. The van der Waals surface area contributed by atoms with Crippen LogP contribution in [0.1, 0.15) is 11.3 Å². The van der Waals surface area contributed by atoms with E-state index >= 15 is 0 Å². The Hall–Kier alpha value is -1.50. The lowest BCUT2D eigenvalue weighted by molar-refractivity contribution is -0.155. The molecule has 0 aliphatic carbocycles. The van der Waals surface area contributed by atoms with Crippen LogP contribution in [0.5, 0.6) is 0 Å². The highest BCUT2D eigenvalue weighted by atomic mass is 19.4. The Bertz CT molecular complexity index is 386. The van der Waals surface area contributed by atoms with Gasteiger partial charge in [0.05, 0.1) is 25.9 Å². The van der Waals surface area contributed by atoms with Crippen molar-refractivity contribution in [2.24, 2.45) is 0 Å². The summed E-state index contributed by atoms with van der Waals surface area (Å²) in [5, 5.41) is 8.54. The summed E-state index contributed by atoms with van der Waals surface area (Å²) in [6.07, 6.45) is -3.08. The average Bonchev–Trinajstić information content (AvgIpc) is 2.47. The van der Waals surface area contributed by atoms with Gasteiger partial charge >= 0.3 is 12.1 Å². The number of aliphatic carboxylic acids is 1. The van der Waals surface area contributed by atoms with Crippen LogP contribution in [-0.2, 0) is 11.3 Å². The van der Waals surface area contributed by atoms with Crippen molar-refractivity contribution in [2.45, 2.75) is 19.6 Å². The van der Waals surface area contributed by atoms with Crippen molar-refractivity contribution < 1.29 is 27.5 Å². The SMILES string of the molecule is Cc1ccoc1CN(CC(=O)O)CC(F)(F)F. The number of halogens is 3. The van der Waals surface area contributed by atoms with Gasteiger partial charge < -0.3 is 9.52 Å². The molecule has 0 saturated carbocycles. The molecular formula is C10H12F3NO3. The lowest BCUT2D eigenvalue weighted by atomic mass is 10.2. The smallest absolute Gasteiger partial charge is 0.401 e. The molecule has 0 spiro atoms. The first kappa shape index (κ1) is 13.6. The molecule has 1 aromatic heterocycles. The van der Waals surface area contributed by atoms with Gasteiger partial charge in [-0.05, 0) is 18.6 Å². The lowest BCUT2D eigenvalue weighted by Gasteiger charge is -2.20. The average molecular weight is 251 g/mol. The molecule has 0 aliphatic heterocycles. The highest BCUT2D eigenvalue weighted by molar-refractivity contribution is 5.69.